The number of fused-ring (bicyclic) bond motifs is 2. The molecule has 5 rings (SSSR count). The van der Waals surface area contributed by atoms with Gasteiger partial charge in [-0.15, -0.1) is 0 Å². The summed E-state index contributed by atoms with van der Waals surface area (Å²) in [6.45, 7) is 1.85. The Morgan fingerprint density at radius 1 is 1.23 bits per heavy atom. The van der Waals surface area contributed by atoms with Crippen molar-refractivity contribution in [2.45, 2.75) is 44.3 Å². The fourth-order valence-corrected chi connectivity index (χ4v) is 4.93. The summed E-state index contributed by atoms with van der Waals surface area (Å²) in [6, 6.07) is 10.2. The highest BCUT2D eigenvalue weighted by Gasteiger charge is 2.43. The minimum atomic E-state index is -0.347. The molecular formula is C22H21Cl2N5O2. The molecule has 3 amide bonds. The maximum atomic E-state index is 12.8. The number of urea groups is 1. The number of nitrogens with one attached hydrogen (secondary N) is 3. The average Bonchev–Trinajstić information content (AvgIpc) is 3.42. The number of benzene rings is 2. The van der Waals surface area contributed by atoms with Crippen LogP contribution in [-0.2, 0) is 0 Å². The zero-order chi connectivity index (χ0) is 21.7. The van der Waals surface area contributed by atoms with Gasteiger partial charge in [0.1, 0.15) is 5.82 Å². The first-order chi connectivity index (χ1) is 14.9. The lowest BCUT2D eigenvalue weighted by atomic mass is 10.1. The molecule has 1 aliphatic carbocycles. The predicted molar refractivity (Wildman–Crippen MR) is 121 cm³/mol. The Balaban J connectivity index is 1.33. The van der Waals surface area contributed by atoms with Gasteiger partial charge in [0.15, 0.2) is 0 Å². The summed E-state index contributed by atoms with van der Waals surface area (Å²) in [5.41, 5.74) is 2.64. The summed E-state index contributed by atoms with van der Waals surface area (Å²) in [5, 5.41) is 6.94. The van der Waals surface area contributed by atoms with Crippen LogP contribution in [0.5, 0.6) is 0 Å². The lowest BCUT2D eigenvalue weighted by molar-refractivity contribution is 0.0938. The van der Waals surface area contributed by atoms with Crippen molar-refractivity contribution >= 4 is 51.9 Å². The number of carbonyl (C=O) groups is 2. The topological polar surface area (TPSA) is 90.1 Å². The number of amides is 3. The van der Waals surface area contributed by atoms with E-state index in [0.29, 0.717) is 27.1 Å². The number of hydrogen-bond acceptors (Lipinski definition) is 3. The van der Waals surface area contributed by atoms with Gasteiger partial charge in [-0.1, -0.05) is 23.2 Å². The van der Waals surface area contributed by atoms with E-state index >= 15 is 0 Å². The van der Waals surface area contributed by atoms with E-state index in [9.17, 15) is 9.59 Å². The van der Waals surface area contributed by atoms with Crippen LogP contribution < -0.4 is 15.5 Å². The number of imidazole rings is 1. The van der Waals surface area contributed by atoms with Gasteiger partial charge in [0.05, 0.1) is 39.9 Å². The van der Waals surface area contributed by atoms with E-state index in [2.05, 4.69) is 20.6 Å². The third-order valence-corrected chi connectivity index (χ3v) is 6.57. The Kier molecular flexibility index (Phi) is 5.02. The van der Waals surface area contributed by atoms with Crippen LogP contribution in [0, 0.1) is 0 Å². The van der Waals surface area contributed by atoms with Crippen molar-refractivity contribution in [3.8, 4) is 0 Å². The molecule has 3 aromatic rings. The SMILES string of the molecule is C[C@H](NC(=O)c1ccc(N2C(=O)NC3CCCC32)c(Cl)c1)c1nc2ccc(Cl)cc2[nH]1. The third kappa shape index (κ3) is 3.62. The Hall–Kier alpha value is -2.77. The molecule has 3 atom stereocenters. The lowest BCUT2D eigenvalue weighted by Crippen LogP contribution is -2.34. The van der Waals surface area contributed by atoms with Crippen molar-refractivity contribution in [1.82, 2.24) is 20.6 Å². The van der Waals surface area contributed by atoms with Gasteiger partial charge in [0.2, 0.25) is 0 Å². The number of hydrogen-bond donors (Lipinski definition) is 3. The maximum Gasteiger partial charge on any atom is 0.322 e. The van der Waals surface area contributed by atoms with Crippen molar-refractivity contribution in [3.63, 3.8) is 0 Å². The summed E-state index contributed by atoms with van der Waals surface area (Å²) in [5.74, 6) is 0.360. The number of carbonyl (C=O) groups excluding carboxylic acids is 2. The largest absolute Gasteiger partial charge is 0.342 e. The second-order valence-electron chi connectivity index (χ2n) is 8.07. The molecule has 7 nitrogen and oxygen atoms in total. The Labute approximate surface area is 189 Å². The number of nitrogens with zero attached hydrogens (tertiary/aromatic N) is 2. The molecule has 2 aliphatic rings. The summed E-state index contributed by atoms with van der Waals surface area (Å²) in [6.07, 6.45) is 3.01. The van der Waals surface area contributed by atoms with Gasteiger partial charge in [-0.3, -0.25) is 9.69 Å². The number of H-pyrrole nitrogens is 1. The van der Waals surface area contributed by atoms with Crippen LogP contribution in [0.1, 0.15) is 48.4 Å². The smallest absolute Gasteiger partial charge is 0.322 e. The molecule has 9 heteroatoms. The molecular weight excluding hydrogens is 437 g/mol. The average molecular weight is 458 g/mol. The fraction of sp³-hybridized carbons (Fsp3) is 0.318. The van der Waals surface area contributed by atoms with Gasteiger partial charge < -0.3 is 15.6 Å². The number of aromatic nitrogens is 2. The van der Waals surface area contributed by atoms with E-state index in [0.717, 1.165) is 30.3 Å². The Morgan fingerprint density at radius 3 is 2.87 bits per heavy atom. The molecule has 2 aromatic carbocycles. The molecule has 2 unspecified atom stereocenters. The second-order valence-corrected chi connectivity index (χ2v) is 8.91. The monoisotopic (exact) mass is 457 g/mol. The normalized spacial score (nSPS) is 21.3. The van der Waals surface area contributed by atoms with Crippen LogP contribution in [0.15, 0.2) is 36.4 Å². The lowest BCUT2D eigenvalue weighted by Gasteiger charge is -2.23. The highest BCUT2D eigenvalue weighted by molar-refractivity contribution is 6.34. The number of aromatic amines is 1. The van der Waals surface area contributed by atoms with Gasteiger partial charge in [0.25, 0.3) is 5.91 Å². The number of halogens is 2. The van der Waals surface area contributed by atoms with E-state index in [-0.39, 0.29) is 30.1 Å². The molecule has 2 fully saturated rings. The van der Waals surface area contributed by atoms with Crippen molar-refractivity contribution in [2.24, 2.45) is 0 Å². The molecule has 0 spiro atoms. The third-order valence-electron chi connectivity index (χ3n) is 6.03. The van der Waals surface area contributed by atoms with Crippen LogP contribution in [0.2, 0.25) is 10.0 Å². The van der Waals surface area contributed by atoms with Crippen molar-refractivity contribution < 1.29 is 9.59 Å². The fourth-order valence-electron chi connectivity index (χ4n) is 4.48. The molecule has 0 bridgehead atoms. The predicted octanol–water partition coefficient (Wildman–Crippen LogP) is 4.81. The van der Waals surface area contributed by atoms with E-state index in [4.69, 9.17) is 23.2 Å². The Bertz CT molecular complexity index is 1190. The van der Waals surface area contributed by atoms with Gasteiger partial charge >= 0.3 is 6.03 Å². The van der Waals surface area contributed by atoms with Gasteiger partial charge in [0, 0.05) is 10.6 Å². The standard InChI is InChI=1S/C22H21Cl2N5O2/c1-11(20-26-15-7-6-13(23)10-17(15)27-20)25-21(30)12-5-8-18(14(24)9-12)29-19-4-2-3-16(19)28-22(29)31/h5-11,16,19H,2-4H2,1H3,(H,25,30)(H,26,27)(H,28,31)/t11-,16?,19?/m0/s1. The summed E-state index contributed by atoms with van der Waals surface area (Å²) < 4.78 is 0. The highest BCUT2D eigenvalue weighted by atomic mass is 35.5. The molecule has 1 aromatic heterocycles. The van der Waals surface area contributed by atoms with Crippen LogP contribution in [-0.4, -0.2) is 34.0 Å². The summed E-state index contributed by atoms with van der Waals surface area (Å²) in [4.78, 5) is 34.7. The van der Waals surface area contributed by atoms with E-state index in [1.54, 1.807) is 35.2 Å². The second kappa shape index (κ2) is 7.73. The molecule has 1 saturated carbocycles. The van der Waals surface area contributed by atoms with E-state index in [1.807, 2.05) is 13.0 Å². The van der Waals surface area contributed by atoms with Gasteiger partial charge in [-0.25, -0.2) is 9.78 Å². The quantitative estimate of drug-likeness (QED) is 0.524. The number of anilines is 1. The van der Waals surface area contributed by atoms with Crippen molar-refractivity contribution in [2.75, 3.05) is 4.90 Å². The van der Waals surface area contributed by atoms with Crippen LogP contribution in [0.3, 0.4) is 0 Å². The first kappa shape index (κ1) is 20.2. The van der Waals surface area contributed by atoms with Crippen molar-refractivity contribution in [3.05, 3.63) is 57.8 Å². The zero-order valence-corrected chi connectivity index (χ0v) is 18.3. The molecule has 2 heterocycles. The highest BCUT2D eigenvalue weighted by Crippen LogP contribution is 2.37. The van der Waals surface area contributed by atoms with Gasteiger partial charge in [-0.2, -0.15) is 0 Å². The zero-order valence-electron chi connectivity index (χ0n) is 16.8. The molecule has 1 saturated heterocycles. The molecule has 0 radical (unpaired) electrons. The van der Waals surface area contributed by atoms with Gasteiger partial charge in [-0.05, 0) is 62.6 Å². The summed E-state index contributed by atoms with van der Waals surface area (Å²) in [7, 11) is 0. The minimum Gasteiger partial charge on any atom is -0.342 e. The van der Waals surface area contributed by atoms with Crippen molar-refractivity contribution in [1.29, 1.82) is 0 Å². The summed E-state index contributed by atoms with van der Waals surface area (Å²) >= 11 is 12.5. The van der Waals surface area contributed by atoms with E-state index < -0.39 is 0 Å². The van der Waals surface area contributed by atoms with E-state index in [1.165, 1.54) is 0 Å². The minimum absolute atomic E-state index is 0.117. The maximum absolute atomic E-state index is 12.8. The first-order valence-electron chi connectivity index (χ1n) is 10.3. The molecule has 3 N–H and O–H groups in total. The van der Waals surface area contributed by atoms with Crippen LogP contribution in [0.4, 0.5) is 10.5 Å². The number of rotatable bonds is 4. The van der Waals surface area contributed by atoms with Crippen LogP contribution >= 0.6 is 23.2 Å². The van der Waals surface area contributed by atoms with Crippen LogP contribution in [0.25, 0.3) is 11.0 Å². The molecule has 160 valence electrons. The Morgan fingerprint density at radius 2 is 2.06 bits per heavy atom. The molecule has 1 aliphatic heterocycles. The molecule has 31 heavy (non-hydrogen) atoms. The first-order valence-corrected chi connectivity index (χ1v) is 11.0.